The minimum atomic E-state index is 0.0691. The molecule has 1 rings (SSSR count). The molecule has 1 aliphatic carbocycles. The van der Waals surface area contributed by atoms with Gasteiger partial charge in [0.25, 0.3) is 0 Å². The topological polar surface area (TPSA) is 35.2 Å². The zero-order valence-electron chi connectivity index (χ0n) is 12.7. The summed E-state index contributed by atoms with van der Waals surface area (Å²) in [5, 5.41) is 0. The van der Waals surface area contributed by atoms with Gasteiger partial charge in [0.05, 0.1) is 0 Å². The quantitative estimate of drug-likeness (QED) is 0.662. The maximum absolute atomic E-state index is 6.49. The summed E-state index contributed by atoms with van der Waals surface area (Å²) in [5.41, 5.74) is 6.56. The number of ether oxygens (including phenoxy) is 1. The first-order valence-electron chi connectivity index (χ1n) is 7.92. The van der Waals surface area contributed by atoms with Gasteiger partial charge >= 0.3 is 0 Å². The second-order valence-corrected chi connectivity index (χ2v) is 6.67. The summed E-state index contributed by atoms with van der Waals surface area (Å²) in [4.78, 5) is 0. The first kappa shape index (κ1) is 16.0. The Morgan fingerprint density at radius 3 is 2.50 bits per heavy atom. The van der Waals surface area contributed by atoms with E-state index in [4.69, 9.17) is 10.5 Å². The Labute approximate surface area is 114 Å². The van der Waals surface area contributed by atoms with Crippen molar-refractivity contribution in [2.24, 2.45) is 17.6 Å². The SMILES string of the molecule is CCCCC1CCC(N)(CCOCC(C)C)CC1. The second kappa shape index (κ2) is 8.16. The Morgan fingerprint density at radius 1 is 1.28 bits per heavy atom. The van der Waals surface area contributed by atoms with Crippen molar-refractivity contribution in [3.05, 3.63) is 0 Å². The summed E-state index contributed by atoms with van der Waals surface area (Å²) in [7, 11) is 0. The van der Waals surface area contributed by atoms with Crippen molar-refractivity contribution in [2.45, 2.75) is 77.7 Å². The summed E-state index contributed by atoms with van der Waals surface area (Å²) in [5.74, 6) is 1.57. The van der Waals surface area contributed by atoms with E-state index < -0.39 is 0 Å². The molecule has 108 valence electrons. The van der Waals surface area contributed by atoms with Gasteiger partial charge in [0.15, 0.2) is 0 Å². The molecule has 0 heterocycles. The van der Waals surface area contributed by atoms with Crippen molar-refractivity contribution in [1.29, 1.82) is 0 Å². The number of unbranched alkanes of at least 4 members (excludes halogenated alkanes) is 1. The van der Waals surface area contributed by atoms with Gasteiger partial charge in [-0.15, -0.1) is 0 Å². The van der Waals surface area contributed by atoms with Crippen LogP contribution in [0.3, 0.4) is 0 Å². The summed E-state index contributed by atoms with van der Waals surface area (Å²) in [6, 6.07) is 0. The van der Waals surface area contributed by atoms with Crippen LogP contribution in [0.15, 0.2) is 0 Å². The lowest BCUT2D eigenvalue weighted by Gasteiger charge is -2.37. The van der Waals surface area contributed by atoms with Crippen molar-refractivity contribution < 1.29 is 4.74 Å². The van der Waals surface area contributed by atoms with Crippen LogP contribution < -0.4 is 5.73 Å². The first-order valence-corrected chi connectivity index (χ1v) is 7.92. The van der Waals surface area contributed by atoms with Crippen molar-refractivity contribution in [2.75, 3.05) is 13.2 Å². The van der Waals surface area contributed by atoms with Crippen LogP contribution in [0.1, 0.15) is 72.1 Å². The van der Waals surface area contributed by atoms with Gasteiger partial charge in [-0.2, -0.15) is 0 Å². The predicted octanol–water partition coefficient (Wildman–Crippen LogP) is 4.13. The molecule has 1 fully saturated rings. The lowest BCUT2D eigenvalue weighted by atomic mass is 9.74. The maximum Gasteiger partial charge on any atom is 0.0489 e. The molecule has 0 bridgehead atoms. The molecule has 1 saturated carbocycles. The Morgan fingerprint density at radius 2 is 1.94 bits per heavy atom. The van der Waals surface area contributed by atoms with E-state index in [0.29, 0.717) is 5.92 Å². The third-order valence-electron chi connectivity index (χ3n) is 4.26. The van der Waals surface area contributed by atoms with Crippen LogP contribution in [0, 0.1) is 11.8 Å². The van der Waals surface area contributed by atoms with Crippen molar-refractivity contribution in [1.82, 2.24) is 0 Å². The molecule has 1 aliphatic rings. The molecule has 0 spiro atoms. The van der Waals surface area contributed by atoms with Gasteiger partial charge in [-0.3, -0.25) is 0 Å². The highest BCUT2D eigenvalue weighted by atomic mass is 16.5. The minimum Gasteiger partial charge on any atom is -0.381 e. The molecule has 0 aromatic rings. The van der Waals surface area contributed by atoms with Gasteiger partial charge in [-0.25, -0.2) is 0 Å². The zero-order valence-corrected chi connectivity index (χ0v) is 12.7. The molecule has 0 saturated heterocycles. The van der Waals surface area contributed by atoms with E-state index in [2.05, 4.69) is 20.8 Å². The van der Waals surface area contributed by atoms with Gasteiger partial charge < -0.3 is 10.5 Å². The minimum absolute atomic E-state index is 0.0691. The maximum atomic E-state index is 6.49. The Hall–Kier alpha value is -0.0800. The van der Waals surface area contributed by atoms with Crippen molar-refractivity contribution >= 4 is 0 Å². The Kier molecular flexibility index (Phi) is 7.25. The molecule has 2 nitrogen and oxygen atoms in total. The van der Waals surface area contributed by atoms with Crippen molar-refractivity contribution in [3.8, 4) is 0 Å². The fraction of sp³-hybridized carbons (Fsp3) is 1.00. The summed E-state index contributed by atoms with van der Waals surface area (Å²) in [6.45, 7) is 8.37. The van der Waals surface area contributed by atoms with Crippen LogP contribution in [0.25, 0.3) is 0 Å². The van der Waals surface area contributed by atoms with Gasteiger partial charge in [-0.1, -0.05) is 40.0 Å². The third kappa shape index (κ3) is 6.19. The largest absolute Gasteiger partial charge is 0.381 e. The monoisotopic (exact) mass is 255 g/mol. The predicted molar refractivity (Wildman–Crippen MR) is 78.7 cm³/mol. The molecule has 0 atom stereocenters. The standard InChI is InChI=1S/C16H33NO/c1-4-5-6-15-7-9-16(17,10-8-15)11-12-18-13-14(2)3/h14-15H,4-13,17H2,1-3H3. The summed E-state index contributed by atoms with van der Waals surface area (Å²) < 4.78 is 5.67. The number of hydrogen-bond acceptors (Lipinski definition) is 2. The molecule has 0 aromatic heterocycles. The van der Waals surface area contributed by atoms with Gasteiger partial charge in [0.2, 0.25) is 0 Å². The molecule has 0 amide bonds. The molecule has 18 heavy (non-hydrogen) atoms. The fourth-order valence-electron chi connectivity index (χ4n) is 2.88. The van der Waals surface area contributed by atoms with E-state index in [-0.39, 0.29) is 5.54 Å². The molecule has 2 heteroatoms. The third-order valence-corrected chi connectivity index (χ3v) is 4.26. The van der Waals surface area contributed by atoms with Crippen LogP contribution >= 0.6 is 0 Å². The van der Waals surface area contributed by atoms with Crippen LogP contribution in [-0.4, -0.2) is 18.8 Å². The molecule has 0 unspecified atom stereocenters. The van der Waals surface area contributed by atoms with Gasteiger partial charge in [0.1, 0.15) is 0 Å². The second-order valence-electron chi connectivity index (χ2n) is 6.67. The van der Waals surface area contributed by atoms with Crippen LogP contribution in [-0.2, 0) is 4.74 Å². The first-order chi connectivity index (χ1) is 8.56. The Bertz CT molecular complexity index is 207. The summed E-state index contributed by atoms with van der Waals surface area (Å²) >= 11 is 0. The highest BCUT2D eigenvalue weighted by Gasteiger charge is 2.30. The van der Waals surface area contributed by atoms with Crippen LogP contribution in [0.4, 0.5) is 0 Å². The smallest absolute Gasteiger partial charge is 0.0489 e. The van der Waals surface area contributed by atoms with Crippen molar-refractivity contribution in [3.63, 3.8) is 0 Å². The molecular formula is C16H33NO. The fourth-order valence-corrected chi connectivity index (χ4v) is 2.88. The van der Waals surface area contributed by atoms with E-state index in [0.717, 1.165) is 25.6 Å². The highest BCUT2D eigenvalue weighted by Crippen LogP contribution is 2.34. The number of rotatable bonds is 8. The van der Waals surface area contributed by atoms with E-state index in [9.17, 15) is 0 Å². The Balaban J connectivity index is 2.14. The lowest BCUT2D eigenvalue weighted by molar-refractivity contribution is 0.0816. The van der Waals surface area contributed by atoms with Gasteiger partial charge in [-0.05, 0) is 43.9 Å². The summed E-state index contributed by atoms with van der Waals surface area (Å²) in [6.07, 6.45) is 10.2. The van der Waals surface area contributed by atoms with E-state index in [1.54, 1.807) is 0 Å². The van der Waals surface area contributed by atoms with Gasteiger partial charge in [0, 0.05) is 18.8 Å². The normalized spacial score (nSPS) is 28.8. The van der Waals surface area contributed by atoms with Crippen LogP contribution in [0.5, 0.6) is 0 Å². The average molecular weight is 255 g/mol. The van der Waals surface area contributed by atoms with Crippen LogP contribution in [0.2, 0.25) is 0 Å². The van der Waals surface area contributed by atoms with E-state index in [1.165, 1.54) is 44.9 Å². The lowest BCUT2D eigenvalue weighted by Crippen LogP contribution is -2.44. The number of hydrogen-bond donors (Lipinski definition) is 1. The molecule has 0 radical (unpaired) electrons. The molecule has 2 N–H and O–H groups in total. The number of nitrogens with two attached hydrogens (primary N) is 1. The molecule has 0 aliphatic heterocycles. The van der Waals surface area contributed by atoms with E-state index >= 15 is 0 Å². The van der Waals surface area contributed by atoms with E-state index in [1.807, 2.05) is 0 Å². The zero-order chi connectivity index (χ0) is 13.4. The molecule has 0 aromatic carbocycles. The average Bonchev–Trinajstić information content (AvgIpc) is 2.34. The molecular weight excluding hydrogens is 222 g/mol. The highest BCUT2D eigenvalue weighted by molar-refractivity contribution is 4.89.